The van der Waals surface area contributed by atoms with Crippen LogP contribution in [-0.2, 0) is 24.1 Å². The first-order chi connectivity index (χ1) is 12.2. The van der Waals surface area contributed by atoms with E-state index < -0.39 is 0 Å². The Labute approximate surface area is 150 Å². The smallest absolute Gasteiger partial charge is 0.291 e. The lowest BCUT2D eigenvalue weighted by atomic mass is 10.2. The lowest BCUT2D eigenvalue weighted by Crippen LogP contribution is -2.12. The number of rotatable bonds is 7. The van der Waals surface area contributed by atoms with Gasteiger partial charge in [-0.1, -0.05) is 30.0 Å². The van der Waals surface area contributed by atoms with Gasteiger partial charge in [-0.15, -0.1) is 0 Å². The highest BCUT2D eigenvalue weighted by molar-refractivity contribution is 7.98. The molecule has 0 aliphatic heterocycles. The predicted octanol–water partition coefficient (Wildman–Crippen LogP) is 3.70. The number of furan rings is 1. The molecule has 0 saturated carbocycles. The van der Waals surface area contributed by atoms with Crippen LogP contribution in [0.25, 0.3) is 0 Å². The van der Waals surface area contributed by atoms with Crippen LogP contribution in [-0.4, -0.2) is 22.6 Å². The first-order valence-corrected chi connectivity index (χ1v) is 8.73. The van der Waals surface area contributed by atoms with Crippen molar-refractivity contribution in [3.05, 3.63) is 65.9 Å². The number of hydrogen-bond acceptors (Lipinski definition) is 5. The molecule has 0 aliphatic rings. The molecule has 3 rings (SSSR count). The van der Waals surface area contributed by atoms with Crippen LogP contribution in [0.2, 0.25) is 0 Å². The fourth-order valence-corrected chi connectivity index (χ4v) is 3.14. The van der Waals surface area contributed by atoms with Crippen molar-refractivity contribution in [3.8, 4) is 0 Å². The summed E-state index contributed by atoms with van der Waals surface area (Å²) in [5.74, 6) is 1.33. The van der Waals surface area contributed by atoms with Gasteiger partial charge in [-0.25, -0.2) is 4.98 Å². The summed E-state index contributed by atoms with van der Waals surface area (Å²) in [6, 6.07) is 11.0. The topological polar surface area (TPSA) is 69.3 Å². The van der Waals surface area contributed by atoms with E-state index in [0.717, 1.165) is 22.2 Å². The van der Waals surface area contributed by atoms with E-state index in [-0.39, 0.29) is 11.7 Å². The van der Waals surface area contributed by atoms with Crippen LogP contribution in [0, 0.1) is 0 Å². The van der Waals surface area contributed by atoms with Gasteiger partial charge in [0.05, 0.1) is 12.4 Å². The largest absolute Gasteiger partial charge is 0.455 e. The van der Waals surface area contributed by atoms with Crippen LogP contribution in [0.5, 0.6) is 0 Å². The Hall–Kier alpha value is -2.51. The molecule has 2 heterocycles. The summed E-state index contributed by atoms with van der Waals surface area (Å²) in [7, 11) is 3.56. The van der Waals surface area contributed by atoms with Crippen LogP contribution in [0.3, 0.4) is 0 Å². The number of thioether (sulfide) groups is 1. The predicted molar refractivity (Wildman–Crippen MR) is 96.6 cm³/mol. The molecule has 130 valence electrons. The van der Waals surface area contributed by atoms with Gasteiger partial charge in [-0.2, -0.15) is 0 Å². The van der Waals surface area contributed by atoms with Gasteiger partial charge in [0.1, 0.15) is 5.76 Å². The van der Waals surface area contributed by atoms with Gasteiger partial charge in [0.15, 0.2) is 10.9 Å². The number of nitrogens with zero attached hydrogens (tertiary/aromatic N) is 2. The average molecular weight is 357 g/mol. The summed E-state index contributed by atoms with van der Waals surface area (Å²) in [5.41, 5.74) is 1.63. The molecule has 6 nitrogen and oxygen atoms in total. The normalized spacial score (nSPS) is 10.8. The summed E-state index contributed by atoms with van der Waals surface area (Å²) in [4.78, 5) is 16.7. The SMILES string of the molecule is COCc1ccccc1NC(=O)c1ccc(CSc2nccn2C)o1. The molecule has 1 amide bonds. The summed E-state index contributed by atoms with van der Waals surface area (Å²) in [6.45, 7) is 0.431. The van der Waals surface area contributed by atoms with Crippen molar-refractivity contribution in [2.45, 2.75) is 17.5 Å². The number of carbonyl (C=O) groups excluding carboxylic acids is 1. The van der Waals surface area contributed by atoms with E-state index in [0.29, 0.717) is 12.4 Å². The third kappa shape index (κ3) is 4.32. The van der Waals surface area contributed by atoms with E-state index in [2.05, 4.69) is 10.3 Å². The van der Waals surface area contributed by atoms with Crippen molar-refractivity contribution in [2.24, 2.45) is 7.05 Å². The van der Waals surface area contributed by atoms with Gasteiger partial charge in [-0.3, -0.25) is 4.79 Å². The molecule has 0 aliphatic carbocycles. The summed E-state index contributed by atoms with van der Waals surface area (Å²) in [6.07, 6.45) is 3.64. The number of nitrogens with one attached hydrogen (secondary N) is 1. The Kier molecular flexibility index (Phi) is 5.57. The van der Waals surface area contributed by atoms with E-state index in [4.69, 9.17) is 9.15 Å². The minimum Gasteiger partial charge on any atom is -0.455 e. The second-order valence-corrected chi connectivity index (χ2v) is 6.36. The minimum atomic E-state index is -0.281. The monoisotopic (exact) mass is 357 g/mol. The van der Waals surface area contributed by atoms with E-state index in [9.17, 15) is 4.79 Å². The maximum Gasteiger partial charge on any atom is 0.291 e. The quantitative estimate of drug-likeness (QED) is 0.653. The van der Waals surface area contributed by atoms with Crippen LogP contribution >= 0.6 is 11.8 Å². The van der Waals surface area contributed by atoms with Gasteiger partial charge in [-0.05, 0) is 18.2 Å². The fraction of sp³-hybridized carbons (Fsp3) is 0.222. The average Bonchev–Trinajstić information content (AvgIpc) is 3.24. The summed E-state index contributed by atoms with van der Waals surface area (Å²) < 4.78 is 12.7. The van der Waals surface area contributed by atoms with Crippen molar-refractivity contribution in [1.82, 2.24) is 9.55 Å². The molecule has 0 unspecified atom stereocenters. The second-order valence-electron chi connectivity index (χ2n) is 5.42. The number of imidazole rings is 1. The van der Waals surface area contributed by atoms with Crippen LogP contribution in [0.1, 0.15) is 21.9 Å². The molecule has 1 aromatic carbocycles. The van der Waals surface area contributed by atoms with Crippen LogP contribution in [0.15, 0.2) is 58.4 Å². The molecule has 25 heavy (non-hydrogen) atoms. The maximum atomic E-state index is 12.4. The number of benzene rings is 1. The van der Waals surface area contributed by atoms with Gasteiger partial charge in [0.2, 0.25) is 0 Å². The summed E-state index contributed by atoms with van der Waals surface area (Å²) in [5, 5.41) is 3.77. The molecule has 2 aromatic heterocycles. The molecule has 3 aromatic rings. The Morgan fingerprint density at radius 1 is 1.32 bits per heavy atom. The molecular weight excluding hydrogens is 338 g/mol. The van der Waals surface area contributed by atoms with E-state index in [1.54, 1.807) is 31.1 Å². The van der Waals surface area contributed by atoms with Gasteiger partial charge in [0.25, 0.3) is 5.91 Å². The van der Waals surface area contributed by atoms with E-state index in [1.807, 2.05) is 48.1 Å². The van der Waals surface area contributed by atoms with Crippen LogP contribution in [0.4, 0.5) is 5.69 Å². The van der Waals surface area contributed by atoms with Crippen molar-refractivity contribution in [1.29, 1.82) is 0 Å². The van der Waals surface area contributed by atoms with Crippen LogP contribution < -0.4 is 5.32 Å². The van der Waals surface area contributed by atoms with Gasteiger partial charge < -0.3 is 19.0 Å². The van der Waals surface area contributed by atoms with E-state index >= 15 is 0 Å². The molecule has 0 atom stereocenters. The number of amides is 1. The highest BCUT2D eigenvalue weighted by atomic mass is 32.2. The molecule has 0 saturated heterocycles. The number of aromatic nitrogens is 2. The molecular formula is C18H19N3O3S. The Morgan fingerprint density at radius 2 is 2.16 bits per heavy atom. The zero-order chi connectivity index (χ0) is 17.6. The molecule has 0 spiro atoms. The van der Waals surface area contributed by atoms with Crippen molar-refractivity contribution < 1.29 is 13.9 Å². The Balaban J connectivity index is 1.64. The first-order valence-electron chi connectivity index (χ1n) is 7.74. The lowest BCUT2D eigenvalue weighted by molar-refractivity contribution is 0.0995. The number of carbonyl (C=O) groups is 1. The Bertz CT molecular complexity index is 857. The number of ether oxygens (including phenoxy) is 1. The van der Waals surface area contributed by atoms with E-state index in [1.165, 1.54) is 0 Å². The second kappa shape index (κ2) is 8.04. The van der Waals surface area contributed by atoms with Crippen molar-refractivity contribution in [2.75, 3.05) is 12.4 Å². The van der Waals surface area contributed by atoms with Gasteiger partial charge in [0, 0.05) is 37.8 Å². The van der Waals surface area contributed by atoms with Crippen molar-refractivity contribution >= 4 is 23.4 Å². The number of anilines is 1. The molecule has 7 heteroatoms. The van der Waals surface area contributed by atoms with Crippen molar-refractivity contribution in [3.63, 3.8) is 0 Å². The Morgan fingerprint density at radius 3 is 2.92 bits per heavy atom. The number of para-hydroxylation sites is 1. The highest BCUT2D eigenvalue weighted by Crippen LogP contribution is 2.23. The minimum absolute atomic E-state index is 0.280. The molecule has 1 N–H and O–H groups in total. The zero-order valence-electron chi connectivity index (χ0n) is 14.1. The number of aryl methyl sites for hydroxylation is 1. The molecule has 0 fully saturated rings. The standard InChI is InChI=1S/C18H19N3O3S/c1-21-10-9-19-18(21)25-12-14-7-8-16(24-14)17(22)20-15-6-4-3-5-13(15)11-23-2/h3-10H,11-12H2,1-2H3,(H,20,22). The zero-order valence-corrected chi connectivity index (χ0v) is 14.9. The highest BCUT2D eigenvalue weighted by Gasteiger charge is 2.14. The fourth-order valence-electron chi connectivity index (χ4n) is 2.31. The number of methoxy groups -OCH3 is 1. The maximum absolute atomic E-state index is 12.4. The number of hydrogen-bond donors (Lipinski definition) is 1. The third-order valence-electron chi connectivity index (χ3n) is 3.57. The first kappa shape index (κ1) is 17.3. The molecule has 0 radical (unpaired) electrons. The summed E-state index contributed by atoms with van der Waals surface area (Å²) >= 11 is 1.55. The lowest BCUT2D eigenvalue weighted by Gasteiger charge is -2.09. The van der Waals surface area contributed by atoms with Gasteiger partial charge >= 0.3 is 0 Å². The third-order valence-corrected chi connectivity index (χ3v) is 4.65. The molecule has 0 bridgehead atoms.